The maximum absolute atomic E-state index is 12.3. The molecule has 0 radical (unpaired) electrons. The number of carbonyl (C=O) groups is 1. The Hall–Kier alpha value is -1.36. The fourth-order valence-corrected chi connectivity index (χ4v) is 3.71. The molecule has 5 heteroatoms. The van der Waals surface area contributed by atoms with Gasteiger partial charge in [-0.15, -0.1) is 0 Å². The van der Waals surface area contributed by atoms with Crippen molar-refractivity contribution in [1.29, 1.82) is 0 Å². The molecule has 4 atom stereocenters. The van der Waals surface area contributed by atoms with Crippen molar-refractivity contribution in [2.45, 2.75) is 57.7 Å². The number of hydrogen-bond acceptors (Lipinski definition) is 3. The minimum Gasteiger partial charge on any atom is -0.354 e. The van der Waals surface area contributed by atoms with Crippen LogP contribution in [0.3, 0.4) is 0 Å². The van der Waals surface area contributed by atoms with E-state index in [1.165, 1.54) is 25.7 Å². The van der Waals surface area contributed by atoms with Crippen LogP contribution in [0.25, 0.3) is 0 Å². The molecule has 1 aliphatic carbocycles. The minimum absolute atomic E-state index is 0.0232. The molecule has 5 nitrogen and oxygen atoms in total. The van der Waals surface area contributed by atoms with Gasteiger partial charge in [0.15, 0.2) is 0 Å². The third-order valence-electron chi connectivity index (χ3n) is 4.86. The van der Waals surface area contributed by atoms with Gasteiger partial charge in [0.2, 0.25) is 5.91 Å². The number of aromatic nitrogens is 2. The number of fused-ring (bicyclic) bond motifs is 1. The van der Waals surface area contributed by atoms with Gasteiger partial charge in [-0.3, -0.25) is 9.48 Å². The summed E-state index contributed by atoms with van der Waals surface area (Å²) >= 11 is 0. The van der Waals surface area contributed by atoms with Crippen molar-refractivity contribution in [2.75, 3.05) is 6.54 Å². The molecule has 2 N–H and O–H groups in total. The van der Waals surface area contributed by atoms with Crippen molar-refractivity contribution in [3.8, 4) is 0 Å². The molecule has 1 saturated heterocycles. The molecular formula is C16H26N4O. The van der Waals surface area contributed by atoms with E-state index < -0.39 is 0 Å². The summed E-state index contributed by atoms with van der Waals surface area (Å²) in [4.78, 5) is 12.3. The Bertz CT molecular complexity index is 445. The van der Waals surface area contributed by atoms with Crippen LogP contribution in [0.4, 0.5) is 0 Å². The zero-order valence-corrected chi connectivity index (χ0v) is 12.8. The average Bonchev–Trinajstić information content (AvgIpc) is 3.13. The Morgan fingerprint density at radius 1 is 1.48 bits per heavy atom. The quantitative estimate of drug-likeness (QED) is 0.865. The molecule has 1 aromatic heterocycles. The molecule has 116 valence electrons. The lowest BCUT2D eigenvalue weighted by molar-refractivity contribution is -0.123. The van der Waals surface area contributed by atoms with Gasteiger partial charge < -0.3 is 10.6 Å². The fraction of sp³-hybridized carbons (Fsp3) is 0.750. The highest BCUT2D eigenvalue weighted by Gasteiger charge is 2.38. The maximum atomic E-state index is 12.3. The number of nitrogens with one attached hydrogen (secondary N) is 2. The first kappa shape index (κ1) is 14.6. The van der Waals surface area contributed by atoms with Crippen LogP contribution in [0.2, 0.25) is 0 Å². The largest absolute Gasteiger partial charge is 0.354 e. The van der Waals surface area contributed by atoms with E-state index in [9.17, 15) is 4.79 Å². The van der Waals surface area contributed by atoms with Gasteiger partial charge in [-0.05, 0) is 37.2 Å². The molecule has 3 rings (SSSR count). The topological polar surface area (TPSA) is 59.0 Å². The monoisotopic (exact) mass is 290 g/mol. The van der Waals surface area contributed by atoms with E-state index in [4.69, 9.17) is 0 Å². The second kappa shape index (κ2) is 6.60. The normalized spacial score (nSPS) is 29.9. The van der Waals surface area contributed by atoms with Crippen molar-refractivity contribution in [2.24, 2.45) is 11.8 Å². The molecule has 1 saturated carbocycles. The van der Waals surface area contributed by atoms with Crippen LogP contribution >= 0.6 is 0 Å². The van der Waals surface area contributed by atoms with Crippen molar-refractivity contribution in [3.63, 3.8) is 0 Å². The number of nitrogens with zero attached hydrogens (tertiary/aromatic N) is 2. The van der Waals surface area contributed by atoms with Crippen LogP contribution in [0.5, 0.6) is 0 Å². The maximum Gasteiger partial charge on any atom is 0.237 e. The molecule has 21 heavy (non-hydrogen) atoms. The van der Waals surface area contributed by atoms with E-state index in [2.05, 4.69) is 22.7 Å². The molecule has 1 aliphatic heterocycles. The van der Waals surface area contributed by atoms with Gasteiger partial charge in [0, 0.05) is 31.5 Å². The van der Waals surface area contributed by atoms with Crippen LogP contribution in [0.1, 0.15) is 39.0 Å². The first-order valence-electron chi connectivity index (χ1n) is 8.23. The van der Waals surface area contributed by atoms with Crippen molar-refractivity contribution >= 4 is 5.91 Å². The number of rotatable bonds is 5. The van der Waals surface area contributed by atoms with Gasteiger partial charge in [-0.1, -0.05) is 19.8 Å². The summed E-state index contributed by atoms with van der Waals surface area (Å²) in [7, 11) is 0. The van der Waals surface area contributed by atoms with E-state index in [-0.39, 0.29) is 11.9 Å². The number of hydrogen-bond donors (Lipinski definition) is 2. The highest BCUT2D eigenvalue weighted by molar-refractivity contribution is 5.82. The van der Waals surface area contributed by atoms with E-state index >= 15 is 0 Å². The Morgan fingerprint density at radius 2 is 2.33 bits per heavy atom. The highest BCUT2D eigenvalue weighted by Crippen LogP contribution is 2.33. The van der Waals surface area contributed by atoms with Gasteiger partial charge in [0.1, 0.15) is 0 Å². The lowest BCUT2D eigenvalue weighted by Crippen LogP contribution is -2.44. The standard InChI is InChI=1S/C16H26N4O/c1-12(11-20-8-4-7-18-20)10-17-16(21)15-9-13-5-2-3-6-14(13)19-15/h4,7-8,12-15,19H,2-3,5-6,9-11H2,1H3,(H,17,21)/t12-,13-,14+,15+/m1/s1. The molecule has 2 heterocycles. The van der Waals surface area contributed by atoms with E-state index in [0.717, 1.165) is 18.9 Å². The smallest absolute Gasteiger partial charge is 0.237 e. The molecule has 1 aromatic rings. The summed E-state index contributed by atoms with van der Waals surface area (Å²) < 4.78 is 1.92. The van der Waals surface area contributed by atoms with Crippen LogP contribution in [-0.2, 0) is 11.3 Å². The average molecular weight is 290 g/mol. The van der Waals surface area contributed by atoms with Crippen LogP contribution in [-0.4, -0.2) is 34.3 Å². The summed E-state index contributed by atoms with van der Waals surface area (Å²) in [6.45, 7) is 3.70. The molecule has 0 unspecified atom stereocenters. The summed E-state index contributed by atoms with van der Waals surface area (Å²) in [5, 5.41) is 10.8. The predicted molar refractivity (Wildman–Crippen MR) is 81.7 cm³/mol. The highest BCUT2D eigenvalue weighted by atomic mass is 16.2. The van der Waals surface area contributed by atoms with Crippen molar-refractivity contribution < 1.29 is 4.79 Å². The van der Waals surface area contributed by atoms with E-state index in [1.807, 2.05) is 16.9 Å². The van der Waals surface area contributed by atoms with Gasteiger partial charge in [-0.25, -0.2) is 0 Å². The number of amides is 1. The zero-order chi connectivity index (χ0) is 14.7. The second-order valence-corrected chi connectivity index (χ2v) is 6.68. The molecule has 1 amide bonds. The third kappa shape index (κ3) is 3.64. The predicted octanol–water partition coefficient (Wildman–Crippen LogP) is 1.56. The second-order valence-electron chi connectivity index (χ2n) is 6.68. The summed E-state index contributed by atoms with van der Waals surface area (Å²) in [5.74, 6) is 1.28. The van der Waals surface area contributed by atoms with E-state index in [0.29, 0.717) is 18.5 Å². The van der Waals surface area contributed by atoms with Crippen LogP contribution in [0, 0.1) is 11.8 Å². The molecule has 2 fully saturated rings. The first-order chi connectivity index (χ1) is 10.2. The van der Waals surface area contributed by atoms with Gasteiger partial charge in [0.05, 0.1) is 6.04 Å². The Morgan fingerprint density at radius 3 is 3.10 bits per heavy atom. The first-order valence-corrected chi connectivity index (χ1v) is 8.23. The Balaban J connectivity index is 1.42. The third-order valence-corrected chi connectivity index (χ3v) is 4.86. The van der Waals surface area contributed by atoms with Crippen LogP contribution < -0.4 is 10.6 Å². The lowest BCUT2D eigenvalue weighted by Gasteiger charge is -2.24. The molecule has 0 aromatic carbocycles. The number of carbonyl (C=O) groups excluding carboxylic acids is 1. The van der Waals surface area contributed by atoms with Gasteiger partial charge in [0.25, 0.3) is 0 Å². The van der Waals surface area contributed by atoms with E-state index in [1.54, 1.807) is 6.20 Å². The minimum atomic E-state index is 0.0232. The lowest BCUT2D eigenvalue weighted by atomic mass is 9.85. The summed E-state index contributed by atoms with van der Waals surface area (Å²) in [6, 6.07) is 2.53. The Labute approximate surface area is 126 Å². The summed E-state index contributed by atoms with van der Waals surface area (Å²) in [6.07, 6.45) is 9.93. The molecular weight excluding hydrogens is 264 g/mol. The Kier molecular flexibility index (Phi) is 4.58. The van der Waals surface area contributed by atoms with Gasteiger partial charge in [-0.2, -0.15) is 5.10 Å². The molecule has 2 aliphatic rings. The summed E-state index contributed by atoms with van der Waals surface area (Å²) in [5.41, 5.74) is 0. The van der Waals surface area contributed by atoms with Crippen molar-refractivity contribution in [3.05, 3.63) is 18.5 Å². The fourth-order valence-electron chi connectivity index (χ4n) is 3.71. The molecule has 0 bridgehead atoms. The zero-order valence-electron chi connectivity index (χ0n) is 12.8. The molecule has 0 spiro atoms. The van der Waals surface area contributed by atoms with Crippen LogP contribution in [0.15, 0.2) is 18.5 Å². The SMILES string of the molecule is C[C@H](CNC(=O)[C@@H]1C[C@H]2CCCC[C@@H]2N1)Cn1cccn1. The van der Waals surface area contributed by atoms with Gasteiger partial charge >= 0.3 is 0 Å². The van der Waals surface area contributed by atoms with Crippen molar-refractivity contribution in [1.82, 2.24) is 20.4 Å².